The number of hydrogen-bond donors (Lipinski definition) is 1. The number of hydrogen-bond acceptors (Lipinski definition) is 4. The van der Waals surface area contributed by atoms with Crippen molar-refractivity contribution in [2.75, 3.05) is 0 Å². The number of oxazole rings is 1. The van der Waals surface area contributed by atoms with Gasteiger partial charge in [0, 0.05) is 18.5 Å². The summed E-state index contributed by atoms with van der Waals surface area (Å²) in [5.74, 6) is 2.58. The molecule has 2 aromatic rings. The molecule has 0 aliphatic rings. The third-order valence-electron chi connectivity index (χ3n) is 2.88. The topological polar surface area (TPSA) is 47.3 Å². The lowest BCUT2D eigenvalue weighted by molar-refractivity contribution is 0.239. The van der Waals surface area contributed by atoms with E-state index in [1.54, 1.807) is 6.20 Å². The first-order chi connectivity index (χ1) is 9.69. The van der Waals surface area contributed by atoms with Crippen LogP contribution in [0.3, 0.4) is 0 Å². The van der Waals surface area contributed by atoms with Crippen LogP contribution in [-0.4, -0.2) is 11.1 Å². The maximum absolute atomic E-state index is 5.79. The summed E-state index contributed by atoms with van der Waals surface area (Å²) in [6, 6.07) is 8.07. The van der Waals surface area contributed by atoms with Gasteiger partial charge >= 0.3 is 0 Å². The van der Waals surface area contributed by atoms with Gasteiger partial charge in [-0.15, -0.1) is 0 Å². The number of nitrogens with one attached hydrogen (secondary N) is 1. The van der Waals surface area contributed by atoms with Gasteiger partial charge in [-0.3, -0.25) is 0 Å². The van der Waals surface area contributed by atoms with Crippen molar-refractivity contribution in [1.82, 2.24) is 10.3 Å². The van der Waals surface area contributed by atoms with Crippen LogP contribution in [-0.2, 0) is 19.5 Å². The van der Waals surface area contributed by atoms with Gasteiger partial charge in [0.15, 0.2) is 0 Å². The lowest BCUT2D eigenvalue weighted by Crippen LogP contribution is -2.15. The molecule has 0 bridgehead atoms. The molecule has 1 aromatic heterocycles. The molecular weight excluding hydrogens is 252 g/mol. The predicted octanol–water partition coefficient (Wildman–Crippen LogP) is 3.31. The minimum absolute atomic E-state index is 0.176. The number of nitrogens with zero attached hydrogens (tertiary/aromatic N) is 1. The van der Waals surface area contributed by atoms with Gasteiger partial charge in [-0.25, -0.2) is 4.98 Å². The Balaban J connectivity index is 1.90. The van der Waals surface area contributed by atoms with Gasteiger partial charge in [-0.05, 0) is 19.9 Å². The van der Waals surface area contributed by atoms with Crippen LogP contribution in [0.2, 0.25) is 0 Å². The second-order valence-corrected chi connectivity index (χ2v) is 4.95. The SMILES string of the molecule is CCc1cnc(CNCc2ccccc2OC(C)C)o1. The van der Waals surface area contributed by atoms with Crippen molar-refractivity contribution in [3.05, 3.63) is 47.7 Å². The van der Waals surface area contributed by atoms with Crippen LogP contribution in [0.25, 0.3) is 0 Å². The molecule has 1 aromatic carbocycles. The number of aryl methyl sites for hydroxylation is 1. The van der Waals surface area contributed by atoms with Gasteiger partial charge in [0.25, 0.3) is 0 Å². The zero-order valence-corrected chi connectivity index (χ0v) is 12.3. The number of ether oxygens (including phenoxy) is 1. The summed E-state index contributed by atoms with van der Waals surface area (Å²) in [6.45, 7) is 7.46. The molecule has 0 aliphatic heterocycles. The Morgan fingerprint density at radius 1 is 1.25 bits per heavy atom. The van der Waals surface area contributed by atoms with Crippen LogP contribution < -0.4 is 10.1 Å². The Morgan fingerprint density at radius 2 is 2.05 bits per heavy atom. The summed E-state index contributed by atoms with van der Waals surface area (Å²) in [7, 11) is 0. The maximum atomic E-state index is 5.79. The zero-order valence-electron chi connectivity index (χ0n) is 12.3. The molecule has 0 atom stereocenters. The standard InChI is InChI=1S/C16H22N2O2/c1-4-14-10-18-16(20-14)11-17-9-13-7-5-6-8-15(13)19-12(2)3/h5-8,10,12,17H,4,9,11H2,1-3H3. The zero-order chi connectivity index (χ0) is 14.4. The highest BCUT2D eigenvalue weighted by Crippen LogP contribution is 2.19. The van der Waals surface area contributed by atoms with E-state index in [1.165, 1.54) is 0 Å². The highest BCUT2D eigenvalue weighted by Gasteiger charge is 2.06. The fraction of sp³-hybridized carbons (Fsp3) is 0.438. The third kappa shape index (κ3) is 4.10. The van der Waals surface area contributed by atoms with E-state index >= 15 is 0 Å². The molecule has 20 heavy (non-hydrogen) atoms. The van der Waals surface area contributed by atoms with Crippen molar-refractivity contribution < 1.29 is 9.15 Å². The molecule has 4 heteroatoms. The highest BCUT2D eigenvalue weighted by molar-refractivity contribution is 5.33. The molecule has 108 valence electrons. The van der Waals surface area contributed by atoms with E-state index in [4.69, 9.17) is 9.15 Å². The Kier molecular flexibility index (Phi) is 5.18. The Bertz CT molecular complexity index is 535. The van der Waals surface area contributed by atoms with E-state index in [0.717, 1.165) is 35.9 Å². The predicted molar refractivity (Wildman–Crippen MR) is 78.6 cm³/mol. The molecule has 1 N–H and O–H groups in total. The minimum atomic E-state index is 0.176. The van der Waals surface area contributed by atoms with Crippen LogP contribution in [0, 0.1) is 0 Å². The summed E-state index contributed by atoms with van der Waals surface area (Å²) >= 11 is 0. The summed E-state index contributed by atoms with van der Waals surface area (Å²) < 4.78 is 11.4. The van der Waals surface area contributed by atoms with Crippen molar-refractivity contribution in [2.45, 2.75) is 46.4 Å². The quantitative estimate of drug-likeness (QED) is 0.841. The molecule has 2 rings (SSSR count). The number of para-hydroxylation sites is 1. The smallest absolute Gasteiger partial charge is 0.208 e. The Labute approximate surface area is 120 Å². The van der Waals surface area contributed by atoms with Gasteiger partial charge < -0.3 is 14.5 Å². The van der Waals surface area contributed by atoms with Gasteiger partial charge in [-0.2, -0.15) is 0 Å². The van der Waals surface area contributed by atoms with Crippen LogP contribution >= 0.6 is 0 Å². The molecule has 0 saturated heterocycles. The van der Waals surface area contributed by atoms with Crippen LogP contribution in [0.1, 0.15) is 38.0 Å². The summed E-state index contributed by atoms with van der Waals surface area (Å²) in [4.78, 5) is 4.23. The highest BCUT2D eigenvalue weighted by atomic mass is 16.5. The Morgan fingerprint density at radius 3 is 2.75 bits per heavy atom. The first-order valence-corrected chi connectivity index (χ1v) is 7.08. The number of benzene rings is 1. The van der Waals surface area contributed by atoms with E-state index in [0.29, 0.717) is 6.54 Å². The fourth-order valence-corrected chi connectivity index (χ4v) is 1.92. The van der Waals surface area contributed by atoms with E-state index in [-0.39, 0.29) is 6.10 Å². The molecule has 4 nitrogen and oxygen atoms in total. The molecule has 1 heterocycles. The Hall–Kier alpha value is -1.81. The summed E-state index contributed by atoms with van der Waals surface area (Å²) in [5.41, 5.74) is 1.14. The maximum Gasteiger partial charge on any atom is 0.208 e. The molecule has 0 saturated carbocycles. The first kappa shape index (κ1) is 14.6. The van der Waals surface area contributed by atoms with Gasteiger partial charge in [0.2, 0.25) is 5.89 Å². The molecule has 0 spiro atoms. The van der Waals surface area contributed by atoms with Crippen LogP contribution in [0.4, 0.5) is 0 Å². The van der Waals surface area contributed by atoms with Crippen molar-refractivity contribution in [2.24, 2.45) is 0 Å². The molecule has 0 unspecified atom stereocenters. The lowest BCUT2D eigenvalue weighted by atomic mass is 10.2. The van der Waals surface area contributed by atoms with Crippen LogP contribution in [0.15, 0.2) is 34.9 Å². The fourth-order valence-electron chi connectivity index (χ4n) is 1.92. The van der Waals surface area contributed by atoms with Crippen molar-refractivity contribution in [3.8, 4) is 5.75 Å². The van der Waals surface area contributed by atoms with Crippen molar-refractivity contribution in [3.63, 3.8) is 0 Å². The molecular formula is C16H22N2O2. The average Bonchev–Trinajstić information content (AvgIpc) is 2.88. The largest absolute Gasteiger partial charge is 0.491 e. The monoisotopic (exact) mass is 274 g/mol. The second-order valence-electron chi connectivity index (χ2n) is 4.95. The lowest BCUT2D eigenvalue weighted by Gasteiger charge is -2.14. The molecule has 0 aliphatic carbocycles. The van der Waals surface area contributed by atoms with Gasteiger partial charge in [-0.1, -0.05) is 25.1 Å². The summed E-state index contributed by atoms with van der Waals surface area (Å²) in [5, 5.41) is 3.33. The van der Waals surface area contributed by atoms with Gasteiger partial charge in [0.1, 0.15) is 11.5 Å². The summed E-state index contributed by atoms with van der Waals surface area (Å²) in [6.07, 6.45) is 2.83. The third-order valence-corrected chi connectivity index (χ3v) is 2.88. The number of aromatic nitrogens is 1. The molecule has 0 fully saturated rings. The van der Waals surface area contributed by atoms with E-state index < -0.39 is 0 Å². The van der Waals surface area contributed by atoms with E-state index in [9.17, 15) is 0 Å². The molecule has 0 amide bonds. The van der Waals surface area contributed by atoms with Crippen molar-refractivity contribution >= 4 is 0 Å². The minimum Gasteiger partial charge on any atom is -0.491 e. The van der Waals surface area contributed by atoms with E-state index in [2.05, 4.69) is 23.3 Å². The van der Waals surface area contributed by atoms with Gasteiger partial charge in [0.05, 0.1) is 18.8 Å². The number of rotatable bonds is 7. The second kappa shape index (κ2) is 7.10. The first-order valence-electron chi connectivity index (χ1n) is 7.08. The van der Waals surface area contributed by atoms with Crippen LogP contribution in [0.5, 0.6) is 5.75 Å². The van der Waals surface area contributed by atoms with Crippen molar-refractivity contribution in [1.29, 1.82) is 0 Å². The molecule has 0 radical (unpaired) electrons. The van der Waals surface area contributed by atoms with E-state index in [1.807, 2.05) is 32.0 Å². The average molecular weight is 274 g/mol. The normalized spacial score (nSPS) is 11.0.